The van der Waals surface area contributed by atoms with E-state index in [0.29, 0.717) is 22.5 Å². The average molecular weight is 654 g/mol. The van der Waals surface area contributed by atoms with Gasteiger partial charge in [0.25, 0.3) is 21.9 Å². The molecule has 0 fully saturated rings. The lowest BCUT2D eigenvalue weighted by molar-refractivity contribution is -0.139. The van der Waals surface area contributed by atoms with Crippen LogP contribution < -0.4 is 27.4 Å². The van der Waals surface area contributed by atoms with Crippen molar-refractivity contribution in [3.63, 3.8) is 0 Å². The van der Waals surface area contributed by atoms with Crippen molar-refractivity contribution in [2.75, 3.05) is 23.3 Å². The number of aliphatic carboxylic acids is 1. The Kier molecular flexibility index (Phi) is 11.8. The van der Waals surface area contributed by atoms with E-state index in [1.807, 2.05) is 13.8 Å². The molecule has 244 valence electrons. The summed E-state index contributed by atoms with van der Waals surface area (Å²) in [6.45, 7) is 5.88. The predicted octanol–water partition coefficient (Wildman–Crippen LogP) is 2.17. The van der Waals surface area contributed by atoms with Gasteiger partial charge in [0.15, 0.2) is 17.0 Å². The summed E-state index contributed by atoms with van der Waals surface area (Å²) in [5, 5.41) is 17.7. The van der Waals surface area contributed by atoms with Crippen molar-refractivity contribution in [3.05, 3.63) is 71.0 Å². The maximum Gasteiger partial charge on any atom is 0.326 e. The predicted molar refractivity (Wildman–Crippen MR) is 171 cm³/mol. The third-order valence-corrected chi connectivity index (χ3v) is 7.23. The van der Waals surface area contributed by atoms with Crippen molar-refractivity contribution in [3.8, 4) is 0 Å². The Labute approximate surface area is 264 Å². The number of amides is 2. The first-order chi connectivity index (χ1) is 21.8. The lowest BCUT2D eigenvalue weighted by Gasteiger charge is -2.15. The second-order valence-corrected chi connectivity index (χ2v) is 11.1. The molecule has 16 nitrogen and oxygen atoms in total. The van der Waals surface area contributed by atoms with Crippen LogP contribution in [0.2, 0.25) is 0 Å². The molecule has 0 bridgehead atoms. The van der Waals surface area contributed by atoms with Crippen LogP contribution in [0.3, 0.4) is 0 Å². The molecule has 2 aromatic heterocycles. The molecule has 0 aliphatic carbocycles. The van der Waals surface area contributed by atoms with Crippen LogP contribution in [-0.4, -0.2) is 68.4 Å². The van der Waals surface area contributed by atoms with Gasteiger partial charge in [-0.05, 0) is 61.7 Å². The van der Waals surface area contributed by atoms with Crippen LogP contribution in [0.1, 0.15) is 58.7 Å². The molecule has 4 aromatic rings. The highest BCUT2D eigenvalue weighted by molar-refractivity contribution is 7.86. The topological polar surface area (TPSA) is 266 Å². The van der Waals surface area contributed by atoms with Gasteiger partial charge in [-0.3, -0.25) is 14.1 Å². The number of anilines is 3. The molecule has 2 heterocycles. The number of aromatic nitrogens is 4. The van der Waals surface area contributed by atoms with Crippen LogP contribution in [-0.2, 0) is 21.5 Å². The number of nitrogens with two attached hydrogens (primary N) is 2. The van der Waals surface area contributed by atoms with Gasteiger partial charge in [0.1, 0.15) is 10.9 Å². The van der Waals surface area contributed by atoms with Gasteiger partial charge >= 0.3 is 5.97 Å². The van der Waals surface area contributed by atoms with Crippen molar-refractivity contribution in [2.45, 2.75) is 51.1 Å². The summed E-state index contributed by atoms with van der Waals surface area (Å²) < 4.78 is 32.7. The number of hydrogen-bond acceptors (Lipinski definition) is 12. The first kappa shape index (κ1) is 35.1. The van der Waals surface area contributed by atoms with E-state index in [1.165, 1.54) is 36.5 Å². The molecule has 4 rings (SSSR count). The van der Waals surface area contributed by atoms with Gasteiger partial charge in [-0.1, -0.05) is 19.9 Å². The highest BCUT2D eigenvalue weighted by atomic mass is 32.2. The van der Waals surface area contributed by atoms with E-state index >= 15 is 0 Å². The number of carbonyl (C=O) groups is 3. The van der Waals surface area contributed by atoms with E-state index in [-0.39, 0.29) is 54.5 Å². The van der Waals surface area contributed by atoms with Crippen molar-refractivity contribution < 1.29 is 32.5 Å². The lowest BCUT2D eigenvalue weighted by Crippen LogP contribution is -2.41. The first-order valence-corrected chi connectivity index (χ1v) is 15.5. The van der Waals surface area contributed by atoms with E-state index < -0.39 is 38.8 Å². The number of nitrogens with zero attached hydrogens (tertiary/aromatic N) is 4. The Hall–Kier alpha value is -5.42. The molecule has 0 saturated carbocycles. The second-order valence-electron chi connectivity index (χ2n) is 9.67. The van der Waals surface area contributed by atoms with E-state index in [4.69, 9.17) is 11.5 Å². The smallest absolute Gasteiger partial charge is 0.326 e. The molecule has 1 atom stereocenters. The molecule has 0 radical (unpaired) electrons. The summed E-state index contributed by atoms with van der Waals surface area (Å²) in [6.07, 6.45) is 1.65. The quantitative estimate of drug-likeness (QED) is 0.0853. The summed E-state index contributed by atoms with van der Waals surface area (Å²) in [6, 6.07) is 9.03. The van der Waals surface area contributed by atoms with Crippen LogP contribution in [0.25, 0.3) is 11.2 Å². The van der Waals surface area contributed by atoms with Gasteiger partial charge < -0.3 is 32.5 Å². The fraction of sp³-hybridized carbons (Fsp3) is 0.276. The largest absolute Gasteiger partial charge is 0.480 e. The Morgan fingerprint density at radius 1 is 0.978 bits per heavy atom. The highest BCUT2D eigenvalue weighted by Gasteiger charge is 2.22. The Balaban J connectivity index is 0.00000282. The standard InChI is InChI=1S/C27H29N9O7S.C2H6/c1-14-4-9-18(20(11-14)44(41,42)43)25(38)30-10-2-3-19(26(39)40)34-24(37)15-5-7-16(8-6-15)31-12-17-13-32-23-21(33-17)22(28)35-27(29)36-23;1-2/h4-9,11,13,19,31H,2-3,10,12H2,1H3,(H,30,38)(H,34,37)(H,39,40)(H,41,42,43)(H4,28,29,32,35,36);1-2H3/t19-;/m0./s1. The van der Waals surface area contributed by atoms with Crippen molar-refractivity contribution >= 4 is 56.5 Å². The minimum Gasteiger partial charge on any atom is -0.480 e. The Bertz CT molecular complexity index is 1840. The number of nitrogen functional groups attached to an aromatic ring is 2. The molecule has 46 heavy (non-hydrogen) atoms. The van der Waals surface area contributed by atoms with E-state index in [2.05, 4.69) is 35.9 Å². The van der Waals surface area contributed by atoms with E-state index in [1.54, 1.807) is 19.1 Å². The maximum absolute atomic E-state index is 12.7. The minimum absolute atomic E-state index is 0.00416. The van der Waals surface area contributed by atoms with Crippen LogP contribution >= 0.6 is 0 Å². The monoisotopic (exact) mass is 653 g/mol. The second kappa shape index (κ2) is 15.5. The third kappa shape index (κ3) is 9.29. The van der Waals surface area contributed by atoms with Gasteiger partial charge in [0, 0.05) is 17.8 Å². The number of nitrogens with one attached hydrogen (secondary N) is 3. The number of carboxylic acids is 1. The molecule has 0 aliphatic rings. The zero-order valence-corrected chi connectivity index (χ0v) is 26.1. The number of carbonyl (C=O) groups excluding carboxylic acids is 2. The summed E-state index contributed by atoms with van der Waals surface area (Å²) in [4.78, 5) is 52.9. The van der Waals surface area contributed by atoms with Gasteiger partial charge in [0.2, 0.25) is 5.95 Å². The van der Waals surface area contributed by atoms with Gasteiger partial charge in [0.05, 0.1) is 24.0 Å². The molecule has 0 aliphatic heterocycles. The SMILES string of the molecule is CC.Cc1ccc(C(=O)NCCC[C@H](NC(=O)c2ccc(NCc3cnc4nc(N)nc(N)c4n3)cc2)C(=O)O)c(S(=O)(=O)O)c1. The number of fused-ring (bicyclic) bond motifs is 1. The zero-order chi connectivity index (χ0) is 34.0. The highest BCUT2D eigenvalue weighted by Crippen LogP contribution is 2.18. The number of hydrogen-bond donors (Lipinski definition) is 7. The van der Waals surface area contributed by atoms with Gasteiger partial charge in [-0.25, -0.2) is 14.8 Å². The molecule has 2 amide bonds. The maximum atomic E-state index is 12.7. The minimum atomic E-state index is -4.63. The number of rotatable bonds is 12. The Morgan fingerprint density at radius 3 is 2.33 bits per heavy atom. The summed E-state index contributed by atoms with van der Waals surface area (Å²) in [5.41, 5.74) is 13.7. The Morgan fingerprint density at radius 2 is 1.67 bits per heavy atom. The molecular weight excluding hydrogens is 618 g/mol. The van der Waals surface area contributed by atoms with Crippen molar-refractivity contribution in [1.82, 2.24) is 30.6 Å². The first-order valence-electron chi connectivity index (χ1n) is 14.1. The van der Waals surface area contributed by atoms with Crippen LogP contribution in [0.15, 0.2) is 53.6 Å². The molecule has 0 saturated heterocycles. The van der Waals surface area contributed by atoms with E-state index in [0.717, 1.165) is 0 Å². The molecular formula is C29H35N9O7S. The van der Waals surface area contributed by atoms with Crippen LogP contribution in [0, 0.1) is 6.92 Å². The van der Waals surface area contributed by atoms with E-state index in [9.17, 15) is 32.5 Å². The summed E-state index contributed by atoms with van der Waals surface area (Å²) in [7, 11) is -4.63. The number of benzene rings is 2. The molecule has 9 N–H and O–H groups in total. The number of carboxylic acid groups (broad SMARTS) is 1. The number of aryl methyl sites for hydroxylation is 1. The van der Waals surface area contributed by atoms with Crippen LogP contribution in [0.4, 0.5) is 17.5 Å². The lowest BCUT2D eigenvalue weighted by atomic mass is 10.1. The normalized spacial score (nSPS) is 11.6. The van der Waals surface area contributed by atoms with Crippen LogP contribution in [0.5, 0.6) is 0 Å². The molecule has 2 aromatic carbocycles. The molecule has 17 heteroatoms. The molecule has 0 spiro atoms. The summed E-state index contributed by atoms with van der Waals surface area (Å²) >= 11 is 0. The van der Waals surface area contributed by atoms with Gasteiger partial charge in [-0.15, -0.1) is 0 Å². The third-order valence-electron chi connectivity index (χ3n) is 6.34. The van der Waals surface area contributed by atoms with Crippen molar-refractivity contribution in [1.29, 1.82) is 0 Å². The molecule has 0 unspecified atom stereocenters. The van der Waals surface area contributed by atoms with Crippen molar-refractivity contribution in [2.24, 2.45) is 0 Å². The zero-order valence-electron chi connectivity index (χ0n) is 25.3. The van der Waals surface area contributed by atoms with Gasteiger partial charge in [-0.2, -0.15) is 18.4 Å². The average Bonchev–Trinajstić information content (AvgIpc) is 3.02. The fourth-order valence-electron chi connectivity index (χ4n) is 4.13. The fourth-order valence-corrected chi connectivity index (χ4v) is 4.91. The summed E-state index contributed by atoms with van der Waals surface area (Å²) in [5.74, 6) is -2.52.